The Morgan fingerprint density at radius 3 is 2.45 bits per heavy atom. The number of benzene rings is 2. The van der Waals surface area contributed by atoms with Crippen LogP contribution in [0, 0.1) is 0 Å². The third kappa shape index (κ3) is 1.93. The Morgan fingerprint density at radius 1 is 1.10 bits per heavy atom. The van der Waals surface area contributed by atoms with Gasteiger partial charge in [-0.25, -0.2) is 9.97 Å². The Hall–Kier alpha value is -2.69. The lowest BCUT2D eigenvalue weighted by Gasteiger charge is -2.08. The summed E-state index contributed by atoms with van der Waals surface area (Å²) in [6.07, 6.45) is 0. The van der Waals surface area contributed by atoms with E-state index in [0.717, 1.165) is 27.0 Å². The van der Waals surface area contributed by atoms with Crippen LogP contribution >= 0.6 is 0 Å². The normalized spacial score (nSPS) is 12.7. The molecule has 5 nitrogen and oxygen atoms in total. The minimum absolute atomic E-state index is 0.209. The number of aliphatic hydroxyl groups is 1. The molecule has 0 spiro atoms. The minimum atomic E-state index is -0.209. The SMILES string of the molecule is CC(=O)Nc1nc2cccc3/c(=C(\C)O)ccc(n1)c23. The lowest BCUT2D eigenvalue weighted by Crippen LogP contribution is -2.11. The van der Waals surface area contributed by atoms with Crippen molar-refractivity contribution in [1.82, 2.24) is 9.97 Å². The maximum Gasteiger partial charge on any atom is 0.230 e. The van der Waals surface area contributed by atoms with E-state index in [0.29, 0.717) is 0 Å². The number of rotatable bonds is 1. The number of hydrogen-bond acceptors (Lipinski definition) is 4. The molecule has 0 aliphatic heterocycles. The second kappa shape index (κ2) is 4.45. The van der Waals surface area contributed by atoms with E-state index in [2.05, 4.69) is 15.3 Å². The third-order valence-corrected chi connectivity index (χ3v) is 3.13. The molecule has 0 saturated carbocycles. The second-order valence-corrected chi connectivity index (χ2v) is 4.65. The van der Waals surface area contributed by atoms with Crippen molar-refractivity contribution < 1.29 is 9.90 Å². The van der Waals surface area contributed by atoms with Gasteiger partial charge in [0.05, 0.1) is 16.8 Å². The van der Waals surface area contributed by atoms with Crippen molar-refractivity contribution in [2.45, 2.75) is 13.8 Å². The van der Waals surface area contributed by atoms with Gasteiger partial charge in [-0.1, -0.05) is 12.1 Å². The molecule has 0 radical (unpaired) electrons. The molecule has 20 heavy (non-hydrogen) atoms. The summed E-state index contributed by atoms with van der Waals surface area (Å²) in [7, 11) is 0. The molecule has 0 saturated heterocycles. The van der Waals surface area contributed by atoms with Crippen molar-refractivity contribution in [2.24, 2.45) is 0 Å². The molecule has 1 amide bonds. The van der Waals surface area contributed by atoms with Crippen LogP contribution in [-0.2, 0) is 4.79 Å². The molecular formula is C15H13N3O2. The number of carbonyl (C=O) groups is 1. The molecule has 100 valence electrons. The van der Waals surface area contributed by atoms with Gasteiger partial charge in [-0.15, -0.1) is 0 Å². The number of carbonyl (C=O) groups excluding carboxylic acids is 1. The van der Waals surface area contributed by atoms with Gasteiger partial charge in [-0.05, 0) is 30.5 Å². The van der Waals surface area contributed by atoms with Gasteiger partial charge in [-0.3, -0.25) is 10.1 Å². The van der Waals surface area contributed by atoms with Crippen molar-refractivity contribution >= 4 is 39.4 Å². The van der Waals surface area contributed by atoms with E-state index in [1.807, 2.05) is 30.3 Å². The highest BCUT2D eigenvalue weighted by atomic mass is 16.3. The van der Waals surface area contributed by atoms with Gasteiger partial charge in [0.1, 0.15) is 0 Å². The Morgan fingerprint density at radius 2 is 1.80 bits per heavy atom. The van der Waals surface area contributed by atoms with Gasteiger partial charge in [0.25, 0.3) is 0 Å². The monoisotopic (exact) mass is 267 g/mol. The molecule has 0 fully saturated rings. The summed E-state index contributed by atoms with van der Waals surface area (Å²) in [5.41, 5.74) is 1.47. The molecule has 5 heteroatoms. The van der Waals surface area contributed by atoms with E-state index in [1.165, 1.54) is 6.92 Å². The lowest BCUT2D eigenvalue weighted by atomic mass is 10.0. The van der Waals surface area contributed by atoms with Crippen LogP contribution in [0.1, 0.15) is 13.8 Å². The fourth-order valence-electron chi connectivity index (χ4n) is 2.34. The van der Waals surface area contributed by atoms with Crippen molar-refractivity contribution in [1.29, 1.82) is 0 Å². The first-order valence-electron chi connectivity index (χ1n) is 6.23. The number of nitrogens with one attached hydrogen (secondary N) is 1. The molecule has 0 atom stereocenters. The van der Waals surface area contributed by atoms with Crippen LogP contribution in [0.4, 0.5) is 5.95 Å². The third-order valence-electron chi connectivity index (χ3n) is 3.13. The van der Waals surface area contributed by atoms with E-state index in [-0.39, 0.29) is 17.6 Å². The number of amides is 1. The Bertz CT molecular complexity index is 864. The molecule has 0 aliphatic rings. The van der Waals surface area contributed by atoms with Crippen LogP contribution in [0.5, 0.6) is 0 Å². The predicted molar refractivity (Wildman–Crippen MR) is 78.3 cm³/mol. The number of hydrogen-bond donors (Lipinski definition) is 2. The summed E-state index contributed by atoms with van der Waals surface area (Å²) in [6, 6.07) is 9.28. The minimum Gasteiger partial charge on any atom is -0.512 e. The summed E-state index contributed by atoms with van der Waals surface area (Å²) in [4.78, 5) is 19.8. The van der Waals surface area contributed by atoms with E-state index in [9.17, 15) is 9.90 Å². The van der Waals surface area contributed by atoms with E-state index in [4.69, 9.17) is 0 Å². The van der Waals surface area contributed by atoms with Gasteiger partial charge in [-0.2, -0.15) is 0 Å². The molecule has 1 heterocycles. The Balaban J connectivity index is 2.43. The molecule has 2 N–H and O–H groups in total. The topological polar surface area (TPSA) is 75.1 Å². The van der Waals surface area contributed by atoms with Crippen molar-refractivity contribution in [3.05, 3.63) is 35.6 Å². The van der Waals surface area contributed by atoms with Crippen LogP contribution in [0.25, 0.3) is 27.6 Å². The molecule has 3 rings (SSSR count). The van der Waals surface area contributed by atoms with Crippen molar-refractivity contribution in [3.8, 4) is 0 Å². The molecular weight excluding hydrogens is 254 g/mol. The van der Waals surface area contributed by atoms with Crippen LogP contribution in [0.15, 0.2) is 30.3 Å². The molecule has 0 bridgehead atoms. The summed E-state index contributed by atoms with van der Waals surface area (Å²) < 4.78 is 0. The lowest BCUT2D eigenvalue weighted by molar-refractivity contribution is -0.114. The molecule has 3 aromatic rings. The number of nitrogens with zero attached hydrogens (tertiary/aromatic N) is 2. The first-order valence-corrected chi connectivity index (χ1v) is 6.23. The van der Waals surface area contributed by atoms with Crippen LogP contribution in [-0.4, -0.2) is 21.0 Å². The number of aliphatic hydroxyl groups excluding tert-OH is 1. The first-order chi connectivity index (χ1) is 9.56. The summed E-state index contributed by atoms with van der Waals surface area (Å²) in [6.45, 7) is 3.07. The smallest absolute Gasteiger partial charge is 0.230 e. The zero-order chi connectivity index (χ0) is 14.3. The Labute approximate surface area is 114 Å². The largest absolute Gasteiger partial charge is 0.512 e. The average Bonchev–Trinajstić information content (AvgIpc) is 2.38. The predicted octanol–water partition coefficient (Wildman–Crippen LogP) is 2.15. The van der Waals surface area contributed by atoms with Gasteiger partial charge in [0.15, 0.2) is 0 Å². The van der Waals surface area contributed by atoms with Crippen LogP contribution in [0.3, 0.4) is 0 Å². The zero-order valence-corrected chi connectivity index (χ0v) is 11.1. The maximum atomic E-state index is 11.1. The highest BCUT2D eigenvalue weighted by Gasteiger charge is 2.09. The molecule has 1 aromatic heterocycles. The fraction of sp³-hybridized carbons (Fsp3) is 0.133. The van der Waals surface area contributed by atoms with Crippen molar-refractivity contribution in [3.63, 3.8) is 0 Å². The summed E-state index contributed by atoms with van der Waals surface area (Å²) in [5, 5.41) is 14.9. The van der Waals surface area contributed by atoms with E-state index < -0.39 is 0 Å². The average molecular weight is 267 g/mol. The number of anilines is 1. The molecule has 0 unspecified atom stereocenters. The second-order valence-electron chi connectivity index (χ2n) is 4.65. The van der Waals surface area contributed by atoms with Gasteiger partial charge < -0.3 is 5.11 Å². The van der Waals surface area contributed by atoms with E-state index >= 15 is 0 Å². The van der Waals surface area contributed by atoms with Gasteiger partial charge in [0, 0.05) is 17.5 Å². The van der Waals surface area contributed by atoms with Crippen LogP contribution in [0.2, 0.25) is 0 Å². The zero-order valence-electron chi connectivity index (χ0n) is 11.1. The van der Waals surface area contributed by atoms with Crippen molar-refractivity contribution in [2.75, 3.05) is 5.32 Å². The quantitative estimate of drug-likeness (QED) is 0.708. The van der Waals surface area contributed by atoms with E-state index in [1.54, 1.807) is 6.92 Å². The fourth-order valence-corrected chi connectivity index (χ4v) is 2.34. The van der Waals surface area contributed by atoms with Gasteiger partial charge in [0.2, 0.25) is 11.9 Å². The highest BCUT2D eigenvalue weighted by molar-refractivity contribution is 6.08. The first kappa shape index (κ1) is 12.3. The number of aromatic nitrogens is 2. The summed E-state index contributed by atoms with van der Waals surface area (Å²) in [5.74, 6) is 0.333. The maximum absolute atomic E-state index is 11.1. The van der Waals surface area contributed by atoms with Gasteiger partial charge >= 0.3 is 0 Å². The van der Waals surface area contributed by atoms with Crippen LogP contribution < -0.4 is 10.5 Å². The summed E-state index contributed by atoms with van der Waals surface area (Å²) >= 11 is 0. The Kier molecular flexibility index (Phi) is 2.75. The highest BCUT2D eigenvalue weighted by Crippen LogP contribution is 2.23. The molecule has 0 aliphatic carbocycles. The molecule has 2 aromatic carbocycles. The standard InChI is InChI=1S/C15H13N3O2/c1-8(19)10-6-7-13-14-11(10)4-3-5-12(14)17-15(18-13)16-9(2)20/h3-7,19H,1-2H3,(H,16,17,18,20)/b10-8+.